The molecule has 0 aliphatic carbocycles. The summed E-state index contributed by atoms with van der Waals surface area (Å²) in [6.45, 7) is 6.37. The van der Waals surface area contributed by atoms with Crippen LogP contribution in [-0.4, -0.2) is 19.6 Å². The van der Waals surface area contributed by atoms with E-state index in [2.05, 4.69) is 65.9 Å². The zero-order chi connectivity index (χ0) is 26.9. The Morgan fingerprint density at radius 2 is 1.51 bits per heavy atom. The fraction of sp³-hybridized carbons (Fsp3) is 0.156. The minimum atomic E-state index is -0.127. The third-order valence-corrected chi connectivity index (χ3v) is 7.49. The van der Waals surface area contributed by atoms with Crippen LogP contribution in [0.3, 0.4) is 0 Å². The highest BCUT2D eigenvalue weighted by Gasteiger charge is 2.42. The Balaban J connectivity index is 1.43. The lowest BCUT2D eigenvalue weighted by atomic mass is 9.96. The third kappa shape index (κ3) is 4.66. The first-order chi connectivity index (χ1) is 19.0. The maximum absolute atomic E-state index is 6.04. The van der Waals surface area contributed by atoms with E-state index in [4.69, 9.17) is 26.9 Å². The van der Waals surface area contributed by atoms with E-state index in [1.54, 1.807) is 0 Å². The van der Waals surface area contributed by atoms with E-state index in [1.165, 1.54) is 5.56 Å². The van der Waals surface area contributed by atoms with Gasteiger partial charge >= 0.3 is 0 Å². The predicted molar refractivity (Wildman–Crippen MR) is 159 cm³/mol. The zero-order valence-corrected chi connectivity index (χ0v) is 22.9. The van der Waals surface area contributed by atoms with Gasteiger partial charge in [-0.1, -0.05) is 30.3 Å². The molecule has 6 nitrogen and oxygen atoms in total. The summed E-state index contributed by atoms with van der Waals surface area (Å²) < 4.78 is 8.27. The van der Waals surface area contributed by atoms with E-state index in [0.29, 0.717) is 5.11 Å². The molecule has 0 saturated carbocycles. The Morgan fingerprint density at radius 1 is 0.795 bits per heavy atom. The van der Waals surface area contributed by atoms with Gasteiger partial charge in [-0.05, 0) is 105 Å². The summed E-state index contributed by atoms with van der Waals surface area (Å²) in [7, 11) is 0. The van der Waals surface area contributed by atoms with Crippen LogP contribution >= 0.6 is 12.2 Å². The Labute approximate surface area is 233 Å². The molecule has 1 fully saturated rings. The number of thiocarbonyl (C=S) groups is 1. The van der Waals surface area contributed by atoms with Gasteiger partial charge in [0.25, 0.3) is 0 Å². The summed E-state index contributed by atoms with van der Waals surface area (Å²) in [5.41, 5.74) is 6.46. The quantitative estimate of drug-likeness (QED) is 0.235. The number of hydrogen-bond donors (Lipinski definition) is 1. The van der Waals surface area contributed by atoms with Gasteiger partial charge in [-0.3, -0.25) is 4.98 Å². The van der Waals surface area contributed by atoms with E-state index >= 15 is 0 Å². The van der Waals surface area contributed by atoms with Gasteiger partial charge in [0.05, 0.1) is 17.8 Å². The number of nitrogens with one attached hydrogen (secondary N) is 1. The molecule has 0 amide bonds. The lowest BCUT2D eigenvalue weighted by Crippen LogP contribution is -2.29. The molecule has 3 aromatic heterocycles. The Morgan fingerprint density at radius 3 is 2.23 bits per heavy atom. The van der Waals surface area contributed by atoms with Gasteiger partial charge in [-0.15, -0.1) is 0 Å². The monoisotopic (exact) mass is 531 g/mol. The van der Waals surface area contributed by atoms with Gasteiger partial charge in [-0.25, -0.2) is 4.98 Å². The topological polar surface area (TPSA) is 55.2 Å². The standard InChI is InChI=1S/C32H29N5OS/c1-21-10-9-19-34-31(21)36-22(2)20-27(23(36)3)30-29(28-13-7-8-18-33-28)35-32(39)37(30)24-14-16-26(17-15-24)38-25-11-5-4-6-12-25/h4-20,29-30H,1-3H3,(H,35,39)/t29-,30+/m0/s1. The van der Waals surface area contributed by atoms with Gasteiger partial charge in [0.1, 0.15) is 17.3 Å². The van der Waals surface area contributed by atoms with Crippen LogP contribution in [0, 0.1) is 20.8 Å². The van der Waals surface area contributed by atoms with Crippen LogP contribution in [0.2, 0.25) is 0 Å². The van der Waals surface area contributed by atoms with Gasteiger partial charge in [-0.2, -0.15) is 0 Å². The lowest BCUT2D eigenvalue weighted by molar-refractivity contribution is 0.482. The Kier molecular flexibility index (Phi) is 6.59. The van der Waals surface area contributed by atoms with Gasteiger partial charge < -0.3 is 19.5 Å². The van der Waals surface area contributed by atoms with Crippen molar-refractivity contribution in [3.05, 3.63) is 132 Å². The fourth-order valence-electron chi connectivity index (χ4n) is 5.37. The second kappa shape index (κ2) is 10.3. The largest absolute Gasteiger partial charge is 0.457 e. The van der Waals surface area contributed by atoms with Crippen molar-refractivity contribution in [2.24, 2.45) is 0 Å². The summed E-state index contributed by atoms with van der Waals surface area (Å²) >= 11 is 5.95. The molecule has 5 aromatic rings. The number of pyridine rings is 2. The molecule has 6 rings (SSSR count). The van der Waals surface area contributed by atoms with Crippen molar-refractivity contribution in [3.8, 4) is 17.3 Å². The highest BCUT2D eigenvalue weighted by Crippen LogP contribution is 2.44. The van der Waals surface area contributed by atoms with Crippen molar-refractivity contribution in [1.82, 2.24) is 19.9 Å². The highest BCUT2D eigenvalue weighted by molar-refractivity contribution is 7.80. The van der Waals surface area contributed by atoms with E-state index in [0.717, 1.165) is 45.6 Å². The second-order valence-corrected chi connectivity index (χ2v) is 10.1. The minimum Gasteiger partial charge on any atom is -0.457 e. The summed E-state index contributed by atoms with van der Waals surface area (Å²) in [4.78, 5) is 11.6. The maximum atomic E-state index is 6.04. The summed E-state index contributed by atoms with van der Waals surface area (Å²) in [6, 6.07) is 29.9. The Bertz CT molecular complexity index is 1620. The van der Waals surface area contributed by atoms with Crippen molar-refractivity contribution in [1.29, 1.82) is 0 Å². The molecule has 1 aliphatic heterocycles. The molecule has 2 atom stereocenters. The number of nitrogens with zero attached hydrogens (tertiary/aromatic N) is 4. The van der Waals surface area contributed by atoms with Crippen molar-refractivity contribution < 1.29 is 4.74 Å². The maximum Gasteiger partial charge on any atom is 0.174 e. The average molecular weight is 532 g/mol. The van der Waals surface area contributed by atoms with Crippen LogP contribution in [0.5, 0.6) is 11.5 Å². The van der Waals surface area contributed by atoms with Crippen molar-refractivity contribution in [2.45, 2.75) is 32.9 Å². The first kappa shape index (κ1) is 24.8. The predicted octanol–water partition coefficient (Wildman–Crippen LogP) is 7.16. The summed E-state index contributed by atoms with van der Waals surface area (Å²) in [5.74, 6) is 2.51. The minimum absolute atomic E-state index is 0.114. The van der Waals surface area contributed by atoms with Gasteiger partial charge in [0.2, 0.25) is 0 Å². The molecule has 0 unspecified atom stereocenters. The molecule has 1 N–H and O–H groups in total. The molecule has 0 spiro atoms. The number of anilines is 1. The number of benzene rings is 2. The van der Waals surface area contributed by atoms with Crippen LogP contribution in [0.25, 0.3) is 5.82 Å². The first-order valence-corrected chi connectivity index (χ1v) is 13.4. The number of aryl methyl sites for hydroxylation is 2. The van der Waals surface area contributed by atoms with Crippen molar-refractivity contribution in [2.75, 3.05) is 4.90 Å². The first-order valence-electron chi connectivity index (χ1n) is 13.0. The van der Waals surface area contributed by atoms with Crippen LogP contribution in [0.15, 0.2) is 103 Å². The SMILES string of the molecule is Cc1cccnc1-n1c(C)cc([C@@H]2[C@H](c3ccccn3)NC(=S)N2c2ccc(Oc3ccccc3)cc2)c1C. The van der Waals surface area contributed by atoms with Crippen molar-refractivity contribution in [3.63, 3.8) is 0 Å². The number of para-hydroxylation sites is 1. The highest BCUT2D eigenvalue weighted by atomic mass is 32.1. The van der Waals surface area contributed by atoms with Crippen LogP contribution in [0.1, 0.15) is 40.3 Å². The molecule has 0 bridgehead atoms. The molecule has 1 saturated heterocycles. The number of rotatable bonds is 6. The molecule has 1 aliphatic rings. The number of ether oxygens (including phenoxy) is 1. The van der Waals surface area contributed by atoms with Gasteiger partial charge in [0.15, 0.2) is 5.11 Å². The molecule has 194 valence electrons. The molecule has 39 heavy (non-hydrogen) atoms. The van der Waals surface area contributed by atoms with Gasteiger partial charge in [0, 0.05) is 29.5 Å². The molecule has 2 aromatic carbocycles. The smallest absolute Gasteiger partial charge is 0.174 e. The number of aromatic nitrogens is 3. The summed E-state index contributed by atoms with van der Waals surface area (Å²) in [6.07, 6.45) is 3.67. The Hall–Kier alpha value is -4.49. The molecular formula is C32H29N5OS. The van der Waals surface area contributed by atoms with E-state index in [9.17, 15) is 0 Å². The fourth-order valence-corrected chi connectivity index (χ4v) is 5.72. The van der Waals surface area contributed by atoms with Crippen LogP contribution < -0.4 is 15.0 Å². The number of hydrogen-bond acceptors (Lipinski definition) is 4. The van der Waals surface area contributed by atoms with Crippen molar-refractivity contribution >= 4 is 23.0 Å². The van der Waals surface area contributed by atoms with Crippen LogP contribution in [0.4, 0.5) is 5.69 Å². The molecule has 0 radical (unpaired) electrons. The normalized spacial score (nSPS) is 16.8. The zero-order valence-electron chi connectivity index (χ0n) is 22.1. The van der Waals surface area contributed by atoms with E-state index in [-0.39, 0.29) is 12.1 Å². The molecule has 7 heteroatoms. The molecular weight excluding hydrogens is 502 g/mol. The lowest BCUT2D eigenvalue weighted by Gasteiger charge is -2.28. The summed E-state index contributed by atoms with van der Waals surface area (Å²) in [5, 5.41) is 4.23. The molecule has 4 heterocycles. The van der Waals surface area contributed by atoms with Crippen LogP contribution in [-0.2, 0) is 0 Å². The van der Waals surface area contributed by atoms with E-state index in [1.807, 2.05) is 73.1 Å². The van der Waals surface area contributed by atoms with E-state index < -0.39 is 0 Å². The third-order valence-electron chi connectivity index (χ3n) is 7.17. The second-order valence-electron chi connectivity index (χ2n) is 9.71. The average Bonchev–Trinajstić information content (AvgIpc) is 3.45.